The number of amides is 2. The van der Waals surface area contributed by atoms with E-state index in [0.29, 0.717) is 24.3 Å². The minimum absolute atomic E-state index is 0.0584. The number of nitrogens with one attached hydrogen (secondary N) is 1. The highest BCUT2D eigenvalue weighted by Gasteiger charge is 2.38. The number of nitrogens with zero attached hydrogens (tertiary/aromatic N) is 2. The van der Waals surface area contributed by atoms with E-state index in [2.05, 4.69) is 23.7 Å². The maximum absolute atomic E-state index is 13.8. The van der Waals surface area contributed by atoms with Crippen molar-refractivity contribution in [3.63, 3.8) is 0 Å². The molecule has 1 fully saturated rings. The Bertz CT molecular complexity index is 1100. The van der Waals surface area contributed by atoms with Crippen molar-refractivity contribution in [2.24, 2.45) is 17.8 Å². The second-order valence-electron chi connectivity index (χ2n) is 12.2. The molecule has 0 radical (unpaired) electrons. The van der Waals surface area contributed by atoms with Crippen LogP contribution in [0.3, 0.4) is 0 Å². The number of hydrogen-bond acceptors (Lipinski definition) is 3. The first kappa shape index (κ1) is 26.8. The number of H-pyrrole nitrogens is 1. The Morgan fingerprint density at radius 2 is 1.89 bits per heavy atom. The van der Waals surface area contributed by atoms with Gasteiger partial charge in [0.2, 0.25) is 5.91 Å². The van der Waals surface area contributed by atoms with Gasteiger partial charge >= 0.3 is 6.09 Å². The van der Waals surface area contributed by atoms with Crippen LogP contribution in [-0.2, 0) is 16.0 Å². The van der Waals surface area contributed by atoms with Gasteiger partial charge in [0.1, 0.15) is 5.60 Å². The summed E-state index contributed by atoms with van der Waals surface area (Å²) in [7, 11) is 1.81. The first-order valence-electron chi connectivity index (χ1n) is 13.5. The van der Waals surface area contributed by atoms with Crippen LogP contribution in [0, 0.1) is 17.8 Å². The lowest BCUT2D eigenvalue weighted by Gasteiger charge is -2.40. The van der Waals surface area contributed by atoms with E-state index in [1.165, 1.54) is 16.6 Å². The van der Waals surface area contributed by atoms with Crippen LogP contribution in [0.4, 0.5) is 4.79 Å². The normalized spacial score (nSPS) is 22.6. The number of benzene rings is 1. The number of hydrogen-bond donors (Lipinski definition) is 1. The number of aromatic amines is 1. The number of rotatable bonds is 5. The summed E-state index contributed by atoms with van der Waals surface area (Å²) < 4.78 is 5.50. The van der Waals surface area contributed by atoms with Gasteiger partial charge in [-0.25, -0.2) is 4.79 Å². The Labute approximate surface area is 220 Å². The van der Waals surface area contributed by atoms with Gasteiger partial charge in [0.25, 0.3) is 0 Å². The van der Waals surface area contributed by atoms with Gasteiger partial charge in [-0.2, -0.15) is 0 Å². The predicted molar refractivity (Wildman–Crippen MR) is 145 cm³/mol. The van der Waals surface area contributed by atoms with Gasteiger partial charge in [-0.15, -0.1) is 0 Å². The molecule has 1 aliphatic heterocycles. The fourth-order valence-corrected chi connectivity index (χ4v) is 6.09. The Kier molecular flexibility index (Phi) is 7.94. The highest BCUT2D eigenvalue weighted by Crippen LogP contribution is 2.41. The van der Waals surface area contributed by atoms with Crippen molar-refractivity contribution in [2.75, 3.05) is 20.1 Å². The zero-order chi connectivity index (χ0) is 26.2. The number of carbonyl (C=O) groups excluding carboxylic acids is 2. The number of carbonyl (C=O) groups is 2. The van der Waals surface area contributed by atoms with E-state index in [0.717, 1.165) is 55.6 Å². The van der Waals surface area contributed by atoms with Gasteiger partial charge in [0, 0.05) is 47.7 Å². The fourth-order valence-electron chi connectivity index (χ4n) is 5.92. The van der Waals surface area contributed by atoms with E-state index in [1.807, 2.05) is 39.0 Å². The maximum atomic E-state index is 13.8. The molecule has 1 aromatic carbocycles. The lowest BCUT2D eigenvalue weighted by atomic mass is 9.80. The number of fused-ring (bicyclic) bond motifs is 3. The summed E-state index contributed by atoms with van der Waals surface area (Å²) >= 11 is 6.30. The maximum Gasteiger partial charge on any atom is 0.410 e. The number of ether oxygens (including phenoxy) is 1. The number of aromatic nitrogens is 1. The first-order valence-corrected chi connectivity index (χ1v) is 13.8. The standard InChI is InChI=1S/C29H42ClN3O3/c1-18(2)15-25-26-22(23-16-21(30)11-12-24(23)31-26)13-14-33(25)27(34)20-9-7-19(8-10-20)17-32(6)28(35)36-29(3,4)5/h11-12,16,18-20,25,31H,7-10,13-15,17H2,1-6H3/t19-,20-,25?. The molecule has 1 aromatic heterocycles. The molecule has 4 rings (SSSR count). The summed E-state index contributed by atoms with van der Waals surface area (Å²) in [5.74, 6) is 1.24. The molecule has 0 saturated heterocycles. The molecular formula is C29H42ClN3O3. The largest absolute Gasteiger partial charge is 0.444 e. The van der Waals surface area contributed by atoms with Gasteiger partial charge < -0.3 is 19.5 Å². The van der Waals surface area contributed by atoms with Crippen molar-refractivity contribution < 1.29 is 14.3 Å². The molecule has 2 heterocycles. The second-order valence-corrected chi connectivity index (χ2v) is 12.6. The van der Waals surface area contributed by atoms with Crippen LogP contribution in [-0.4, -0.2) is 52.5 Å². The van der Waals surface area contributed by atoms with E-state index < -0.39 is 5.60 Å². The van der Waals surface area contributed by atoms with Crippen LogP contribution in [0.15, 0.2) is 18.2 Å². The lowest BCUT2D eigenvalue weighted by Crippen LogP contribution is -2.45. The molecule has 2 aromatic rings. The van der Waals surface area contributed by atoms with E-state index >= 15 is 0 Å². The van der Waals surface area contributed by atoms with Gasteiger partial charge in [0.05, 0.1) is 6.04 Å². The van der Waals surface area contributed by atoms with Crippen molar-refractivity contribution in [1.82, 2.24) is 14.8 Å². The van der Waals surface area contributed by atoms with Gasteiger partial charge in [-0.05, 0) is 94.9 Å². The Morgan fingerprint density at radius 3 is 2.53 bits per heavy atom. The third-order valence-electron chi connectivity index (χ3n) is 7.62. The van der Waals surface area contributed by atoms with E-state index in [4.69, 9.17) is 16.3 Å². The summed E-state index contributed by atoms with van der Waals surface area (Å²) in [5.41, 5.74) is 3.11. The molecule has 0 spiro atoms. The summed E-state index contributed by atoms with van der Waals surface area (Å²) in [6.45, 7) is 11.5. The zero-order valence-electron chi connectivity index (χ0n) is 22.7. The Balaban J connectivity index is 1.42. The summed E-state index contributed by atoms with van der Waals surface area (Å²) in [5, 5.41) is 1.94. The predicted octanol–water partition coefficient (Wildman–Crippen LogP) is 6.97. The highest BCUT2D eigenvalue weighted by atomic mass is 35.5. The zero-order valence-corrected chi connectivity index (χ0v) is 23.5. The van der Waals surface area contributed by atoms with Crippen LogP contribution in [0.5, 0.6) is 0 Å². The molecule has 1 aliphatic carbocycles. The van der Waals surface area contributed by atoms with Crippen molar-refractivity contribution in [1.29, 1.82) is 0 Å². The minimum Gasteiger partial charge on any atom is -0.444 e. The Morgan fingerprint density at radius 1 is 1.19 bits per heavy atom. The average molecular weight is 516 g/mol. The SMILES string of the molecule is CC(C)CC1c2[nH]c3ccc(Cl)cc3c2CCN1C(=O)[C@H]1CC[C@H](CN(C)C(=O)OC(C)(C)C)CC1. The van der Waals surface area contributed by atoms with E-state index in [-0.39, 0.29) is 18.1 Å². The van der Waals surface area contributed by atoms with E-state index in [9.17, 15) is 9.59 Å². The molecule has 2 aliphatic rings. The molecule has 1 unspecified atom stereocenters. The average Bonchev–Trinajstić information content (AvgIpc) is 3.16. The monoisotopic (exact) mass is 515 g/mol. The molecule has 2 amide bonds. The minimum atomic E-state index is -0.493. The van der Waals surface area contributed by atoms with Crippen molar-refractivity contribution in [3.05, 3.63) is 34.5 Å². The van der Waals surface area contributed by atoms with Gasteiger partial charge in [-0.1, -0.05) is 25.4 Å². The fraction of sp³-hybridized carbons (Fsp3) is 0.655. The van der Waals surface area contributed by atoms with Crippen LogP contribution in [0.1, 0.15) is 84.0 Å². The van der Waals surface area contributed by atoms with Crippen molar-refractivity contribution >= 4 is 34.5 Å². The van der Waals surface area contributed by atoms with Crippen molar-refractivity contribution in [3.8, 4) is 0 Å². The molecule has 1 N–H and O–H groups in total. The molecule has 6 nitrogen and oxygen atoms in total. The summed E-state index contributed by atoms with van der Waals surface area (Å²) in [4.78, 5) is 33.7. The molecule has 198 valence electrons. The topological polar surface area (TPSA) is 65.6 Å². The second kappa shape index (κ2) is 10.6. The molecule has 1 saturated carbocycles. The molecule has 1 atom stereocenters. The van der Waals surface area contributed by atoms with Crippen LogP contribution in [0.2, 0.25) is 5.02 Å². The third kappa shape index (κ3) is 6.01. The highest BCUT2D eigenvalue weighted by molar-refractivity contribution is 6.31. The summed E-state index contributed by atoms with van der Waals surface area (Å²) in [6.07, 6.45) is 5.20. The number of halogens is 1. The molecule has 0 bridgehead atoms. The quantitative estimate of drug-likeness (QED) is 0.467. The van der Waals surface area contributed by atoms with Gasteiger partial charge in [0.15, 0.2) is 0 Å². The van der Waals surface area contributed by atoms with Gasteiger partial charge in [-0.3, -0.25) is 4.79 Å². The first-order chi connectivity index (χ1) is 16.9. The van der Waals surface area contributed by atoms with Crippen LogP contribution in [0.25, 0.3) is 10.9 Å². The molecular weight excluding hydrogens is 474 g/mol. The molecule has 7 heteroatoms. The van der Waals surface area contributed by atoms with Crippen LogP contribution >= 0.6 is 11.6 Å². The third-order valence-corrected chi connectivity index (χ3v) is 7.86. The Hall–Kier alpha value is -2.21. The van der Waals surface area contributed by atoms with Crippen molar-refractivity contribution in [2.45, 2.75) is 84.8 Å². The lowest BCUT2D eigenvalue weighted by molar-refractivity contribution is -0.140. The smallest absolute Gasteiger partial charge is 0.410 e. The summed E-state index contributed by atoms with van der Waals surface area (Å²) in [6, 6.07) is 6.09. The van der Waals surface area contributed by atoms with Crippen LogP contribution < -0.4 is 0 Å². The molecule has 36 heavy (non-hydrogen) atoms. The van der Waals surface area contributed by atoms with E-state index in [1.54, 1.807) is 11.9 Å².